The number of hydrogen-bond donors (Lipinski definition) is 2. The Hall–Kier alpha value is -2.28. The van der Waals surface area contributed by atoms with Crippen LogP contribution in [0.25, 0.3) is 0 Å². The minimum atomic E-state index is -0.579. The van der Waals surface area contributed by atoms with E-state index in [-0.39, 0.29) is 12.6 Å². The molecule has 1 aliphatic carbocycles. The summed E-state index contributed by atoms with van der Waals surface area (Å²) in [7, 11) is 1.50. The van der Waals surface area contributed by atoms with E-state index in [0.29, 0.717) is 30.4 Å². The SMILES string of the molecule is CCOCc1cc(C)cc(COC(=O)N[C@@H]2CCC[C@@H](C)CC2)c1OC(=O)NC. The van der Waals surface area contributed by atoms with Gasteiger partial charge in [-0.1, -0.05) is 31.4 Å². The lowest BCUT2D eigenvalue weighted by molar-refractivity contribution is 0.128. The molecule has 0 bridgehead atoms. The lowest BCUT2D eigenvalue weighted by Gasteiger charge is -2.18. The Morgan fingerprint density at radius 2 is 1.79 bits per heavy atom. The number of rotatable bonds is 7. The molecule has 0 unspecified atom stereocenters. The normalized spacial score (nSPS) is 19.2. The Labute approximate surface area is 173 Å². The summed E-state index contributed by atoms with van der Waals surface area (Å²) in [6, 6.07) is 3.92. The van der Waals surface area contributed by atoms with Crippen molar-refractivity contribution in [2.75, 3.05) is 13.7 Å². The monoisotopic (exact) mass is 406 g/mol. The molecule has 29 heavy (non-hydrogen) atoms. The second kappa shape index (κ2) is 11.7. The third kappa shape index (κ3) is 7.57. The summed E-state index contributed by atoms with van der Waals surface area (Å²) in [5.74, 6) is 1.08. The van der Waals surface area contributed by atoms with Crippen molar-refractivity contribution in [1.29, 1.82) is 0 Å². The molecule has 162 valence electrons. The molecule has 2 amide bonds. The van der Waals surface area contributed by atoms with Crippen molar-refractivity contribution in [1.82, 2.24) is 10.6 Å². The molecule has 2 N–H and O–H groups in total. The molecule has 0 aromatic heterocycles. The number of alkyl carbamates (subject to hydrolysis) is 1. The van der Waals surface area contributed by atoms with Gasteiger partial charge in [0.1, 0.15) is 12.4 Å². The number of nitrogens with one attached hydrogen (secondary N) is 2. The largest absolute Gasteiger partial charge is 0.445 e. The van der Waals surface area contributed by atoms with E-state index in [9.17, 15) is 9.59 Å². The zero-order valence-corrected chi connectivity index (χ0v) is 18.0. The van der Waals surface area contributed by atoms with Crippen molar-refractivity contribution >= 4 is 12.2 Å². The molecule has 1 fully saturated rings. The fraction of sp³-hybridized carbons (Fsp3) is 0.636. The summed E-state index contributed by atoms with van der Waals surface area (Å²) in [5, 5.41) is 5.42. The summed E-state index contributed by atoms with van der Waals surface area (Å²) in [5.41, 5.74) is 2.35. The van der Waals surface area contributed by atoms with E-state index in [2.05, 4.69) is 17.6 Å². The zero-order valence-electron chi connectivity index (χ0n) is 18.0. The lowest BCUT2D eigenvalue weighted by Crippen LogP contribution is -2.34. The van der Waals surface area contributed by atoms with E-state index in [1.54, 1.807) is 0 Å². The van der Waals surface area contributed by atoms with Gasteiger partial charge in [-0.2, -0.15) is 0 Å². The number of amides is 2. The van der Waals surface area contributed by atoms with Gasteiger partial charge in [-0.15, -0.1) is 0 Å². The maximum atomic E-state index is 12.3. The van der Waals surface area contributed by atoms with Crippen LogP contribution in [0.4, 0.5) is 9.59 Å². The van der Waals surface area contributed by atoms with Gasteiger partial charge >= 0.3 is 12.2 Å². The van der Waals surface area contributed by atoms with E-state index in [0.717, 1.165) is 36.8 Å². The molecular weight excluding hydrogens is 372 g/mol. The molecule has 2 atom stereocenters. The Kier molecular flexibility index (Phi) is 9.25. The Morgan fingerprint density at radius 3 is 2.48 bits per heavy atom. The molecule has 0 aliphatic heterocycles. The van der Waals surface area contributed by atoms with E-state index >= 15 is 0 Å². The lowest BCUT2D eigenvalue weighted by atomic mass is 10.0. The first-order valence-electron chi connectivity index (χ1n) is 10.5. The zero-order chi connectivity index (χ0) is 21.2. The third-order valence-electron chi connectivity index (χ3n) is 5.19. The van der Waals surface area contributed by atoms with Crippen LogP contribution in [0.2, 0.25) is 0 Å². The van der Waals surface area contributed by atoms with Gasteiger partial charge in [-0.05, 0) is 45.1 Å². The molecule has 7 heteroatoms. The predicted molar refractivity (Wildman–Crippen MR) is 111 cm³/mol. The van der Waals surface area contributed by atoms with Crippen molar-refractivity contribution in [2.24, 2.45) is 5.92 Å². The molecule has 0 saturated heterocycles. The molecule has 7 nitrogen and oxygen atoms in total. The van der Waals surface area contributed by atoms with Crippen molar-refractivity contribution in [3.8, 4) is 5.75 Å². The highest BCUT2D eigenvalue weighted by molar-refractivity contribution is 5.71. The topological polar surface area (TPSA) is 85.9 Å². The van der Waals surface area contributed by atoms with Gasteiger partial charge in [0.25, 0.3) is 0 Å². The van der Waals surface area contributed by atoms with Gasteiger partial charge < -0.3 is 24.8 Å². The minimum absolute atomic E-state index is 0.0160. The van der Waals surface area contributed by atoms with Crippen LogP contribution in [-0.4, -0.2) is 31.9 Å². The molecule has 0 radical (unpaired) electrons. The first kappa shape index (κ1) is 23.0. The summed E-state index contributed by atoms with van der Waals surface area (Å²) in [6.07, 6.45) is 4.38. The number of ether oxygens (including phenoxy) is 3. The van der Waals surface area contributed by atoms with Crippen LogP contribution in [0.1, 0.15) is 62.6 Å². The quantitative estimate of drug-likeness (QED) is 0.654. The number of benzene rings is 1. The molecule has 0 spiro atoms. The van der Waals surface area contributed by atoms with E-state index in [4.69, 9.17) is 14.2 Å². The second-order valence-corrected chi connectivity index (χ2v) is 7.72. The number of hydrogen-bond acceptors (Lipinski definition) is 5. The highest BCUT2D eigenvalue weighted by Gasteiger charge is 2.20. The van der Waals surface area contributed by atoms with Crippen LogP contribution >= 0.6 is 0 Å². The standard InChI is InChI=1S/C22H34N2O5/c1-5-27-13-17-11-16(3)12-18(20(17)29-21(25)23-4)14-28-22(26)24-19-8-6-7-15(2)9-10-19/h11-12,15,19H,5-10,13-14H2,1-4H3,(H,23,25)(H,24,26)/t15-,19-/m1/s1. The molecule has 1 saturated carbocycles. The van der Waals surface area contributed by atoms with Crippen molar-refractivity contribution in [3.63, 3.8) is 0 Å². The van der Waals surface area contributed by atoms with Crippen LogP contribution in [-0.2, 0) is 22.7 Å². The average molecular weight is 407 g/mol. The highest BCUT2D eigenvalue weighted by atomic mass is 16.6. The van der Waals surface area contributed by atoms with Gasteiger partial charge in [0.15, 0.2) is 0 Å². The number of aryl methyl sites for hydroxylation is 1. The second-order valence-electron chi connectivity index (χ2n) is 7.72. The highest BCUT2D eigenvalue weighted by Crippen LogP contribution is 2.28. The van der Waals surface area contributed by atoms with E-state index in [1.807, 2.05) is 26.0 Å². The van der Waals surface area contributed by atoms with E-state index in [1.165, 1.54) is 13.5 Å². The Balaban J connectivity index is 2.06. The van der Waals surface area contributed by atoms with Crippen LogP contribution in [0, 0.1) is 12.8 Å². The maximum Gasteiger partial charge on any atom is 0.412 e. The average Bonchev–Trinajstić information content (AvgIpc) is 2.90. The first-order chi connectivity index (χ1) is 13.9. The van der Waals surface area contributed by atoms with Gasteiger partial charge in [-0.3, -0.25) is 0 Å². The van der Waals surface area contributed by atoms with Crippen molar-refractivity contribution in [2.45, 2.75) is 72.1 Å². The molecule has 1 aromatic rings. The third-order valence-corrected chi connectivity index (χ3v) is 5.19. The van der Waals surface area contributed by atoms with Gasteiger partial charge in [-0.25, -0.2) is 9.59 Å². The summed E-state index contributed by atoms with van der Waals surface area (Å²) in [4.78, 5) is 24.1. The molecule has 1 aromatic carbocycles. The predicted octanol–water partition coefficient (Wildman–Crippen LogP) is 4.44. The van der Waals surface area contributed by atoms with Gasteiger partial charge in [0.05, 0.1) is 6.61 Å². The molecular formula is C22H34N2O5. The summed E-state index contributed by atoms with van der Waals surface area (Å²) in [6.45, 7) is 6.97. The molecule has 0 heterocycles. The summed E-state index contributed by atoms with van der Waals surface area (Å²) >= 11 is 0. The number of carbonyl (C=O) groups excluding carboxylic acids is 2. The Bertz CT molecular complexity index is 692. The molecule has 1 aliphatic rings. The van der Waals surface area contributed by atoms with Crippen LogP contribution in [0.3, 0.4) is 0 Å². The first-order valence-corrected chi connectivity index (χ1v) is 10.5. The van der Waals surface area contributed by atoms with Crippen molar-refractivity contribution in [3.05, 3.63) is 28.8 Å². The fourth-order valence-electron chi connectivity index (χ4n) is 3.61. The smallest absolute Gasteiger partial charge is 0.412 e. The minimum Gasteiger partial charge on any atom is -0.445 e. The number of carbonyl (C=O) groups is 2. The van der Waals surface area contributed by atoms with Crippen LogP contribution in [0.15, 0.2) is 12.1 Å². The van der Waals surface area contributed by atoms with Crippen molar-refractivity contribution < 1.29 is 23.8 Å². The van der Waals surface area contributed by atoms with Crippen LogP contribution < -0.4 is 15.4 Å². The molecule has 2 rings (SSSR count). The fourth-order valence-corrected chi connectivity index (χ4v) is 3.61. The van der Waals surface area contributed by atoms with Gasteiger partial charge in [0.2, 0.25) is 0 Å². The summed E-state index contributed by atoms with van der Waals surface area (Å²) < 4.78 is 16.4. The van der Waals surface area contributed by atoms with E-state index < -0.39 is 12.2 Å². The van der Waals surface area contributed by atoms with Gasteiger partial charge in [0, 0.05) is 30.8 Å². The Morgan fingerprint density at radius 1 is 1.07 bits per heavy atom. The van der Waals surface area contributed by atoms with Crippen LogP contribution in [0.5, 0.6) is 5.75 Å². The maximum absolute atomic E-state index is 12.3.